The van der Waals surface area contributed by atoms with E-state index in [1.807, 2.05) is 6.92 Å². The molecule has 1 aromatic carbocycles. The number of amides is 1. The second-order valence-corrected chi connectivity index (χ2v) is 4.29. The highest BCUT2D eigenvalue weighted by atomic mass is 19.1. The minimum atomic E-state index is -0.427. The maximum atomic E-state index is 12.9. The largest absolute Gasteiger partial charge is 0.398 e. The molecule has 1 atom stereocenters. The lowest BCUT2D eigenvalue weighted by Crippen LogP contribution is -2.35. The standard InChI is InChI=1S/C13H19FN2O/c1-4-5-9(2)16(3)13(17)11-7-6-10(14)8-12(11)15/h6-9H,4-5,15H2,1-3H3. The molecule has 0 aromatic heterocycles. The predicted molar refractivity (Wildman–Crippen MR) is 67.3 cm³/mol. The Balaban J connectivity index is 2.88. The first-order chi connectivity index (χ1) is 7.97. The summed E-state index contributed by atoms with van der Waals surface area (Å²) in [6.45, 7) is 4.06. The van der Waals surface area contributed by atoms with Crippen molar-refractivity contribution in [2.75, 3.05) is 12.8 Å². The summed E-state index contributed by atoms with van der Waals surface area (Å²) in [5.41, 5.74) is 6.19. The SMILES string of the molecule is CCCC(C)N(C)C(=O)c1ccc(F)cc1N. The number of hydrogen-bond acceptors (Lipinski definition) is 2. The van der Waals surface area contributed by atoms with Crippen molar-refractivity contribution >= 4 is 11.6 Å². The van der Waals surface area contributed by atoms with Gasteiger partial charge in [-0.25, -0.2) is 4.39 Å². The molecular formula is C13H19FN2O. The molecule has 0 aliphatic carbocycles. The summed E-state index contributed by atoms with van der Waals surface area (Å²) in [5.74, 6) is -0.591. The van der Waals surface area contributed by atoms with Crippen molar-refractivity contribution in [3.63, 3.8) is 0 Å². The van der Waals surface area contributed by atoms with Gasteiger partial charge in [0, 0.05) is 18.8 Å². The average molecular weight is 238 g/mol. The quantitative estimate of drug-likeness (QED) is 0.820. The molecule has 94 valence electrons. The van der Waals surface area contributed by atoms with Gasteiger partial charge < -0.3 is 10.6 Å². The van der Waals surface area contributed by atoms with E-state index in [9.17, 15) is 9.18 Å². The van der Waals surface area contributed by atoms with Crippen molar-refractivity contribution in [2.45, 2.75) is 32.7 Å². The van der Waals surface area contributed by atoms with E-state index in [1.54, 1.807) is 11.9 Å². The van der Waals surface area contributed by atoms with E-state index in [0.717, 1.165) is 12.8 Å². The second kappa shape index (κ2) is 5.66. The second-order valence-electron chi connectivity index (χ2n) is 4.29. The third-order valence-electron chi connectivity index (χ3n) is 2.93. The Morgan fingerprint density at radius 3 is 2.71 bits per heavy atom. The van der Waals surface area contributed by atoms with Crippen molar-refractivity contribution in [2.24, 2.45) is 0 Å². The lowest BCUT2D eigenvalue weighted by Gasteiger charge is -2.25. The van der Waals surface area contributed by atoms with E-state index in [4.69, 9.17) is 5.73 Å². The molecule has 0 aliphatic heterocycles. The summed E-state index contributed by atoms with van der Waals surface area (Å²) in [4.78, 5) is 13.8. The van der Waals surface area contributed by atoms with Gasteiger partial charge in [-0.3, -0.25) is 4.79 Å². The molecule has 1 rings (SSSR count). The number of halogens is 1. The van der Waals surface area contributed by atoms with E-state index >= 15 is 0 Å². The van der Waals surface area contributed by atoms with Crippen LogP contribution >= 0.6 is 0 Å². The van der Waals surface area contributed by atoms with Gasteiger partial charge >= 0.3 is 0 Å². The minimum Gasteiger partial charge on any atom is -0.398 e. The molecule has 2 N–H and O–H groups in total. The van der Waals surface area contributed by atoms with Gasteiger partial charge in [-0.1, -0.05) is 13.3 Å². The zero-order valence-electron chi connectivity index (χ0n) is 10.5. The third-order valence-corrected chi connectivity index (χ3v) is 2.93. The van der Waals surface area contributed by atoms with Crippen LogP contribution in [0.25, 0.3) is 0 Å². The van der Waals surface area contributed by atoms with Crippen molar-refractivity contribution in [1.29, 1.82) is 0 Å². The number of anilines is 1. The molecule has 1 unspecified atom stereocenters. The van der Waals surface area contributed by atoms with Crippen LogP contribution in [-0.2, 0) is 0 Å². The molecule has 17 heavy (non-hydrogen) atoms. The molecule has 3 nitrogen and oxygen atoms in total. The van der Waals surface area contributed by atoms with E-state index in [1.165, 1.54) is 18.2 Å². The summed E-state index contributed by atoms with van der Waals surface area (Å²) >= 11 is 0. The summed E-state index contributed by atoms with van der Waals surface area (Å²) in [7, 11) is 1.74. The maximum Gasteiger partial charge on any atom is 0.255 e. The normalized spacial score (nSPS) is 12.2. The van der Waals surface area contributed by atoms with Crippen LogP contribution < -0.4 is 5.73 Å². The number of carbonyl (C=O) groups is 1. The Labute approximate surface area is 101 Å². The van der Waals surface area contributed by atoms with E-state index in [0.29, 0.717) is 5.56 Å². The van der Waals surface area contributed by atoms with Crippen molar-refractivity contribution in [1.82, 2.24) is 4.90 Å². The highest BCUT2D eigenvalue weighted by Gasteiger charge is 2.18. The summed E-state index contributed by atoms with van der Waals surface area (Å²) < 4.78 is 12.9. The Morgan fingerprint density at radius 2 is 2.18 bits per heavy atom. The predicted octanol–water partition coefficient (Wildman–Crippen LogP) is 2.67. The number of rotatable bonds is 4. The maximum absolute atomic E-state index is 12.9. The zero-order chi connectivity index (χ0) is 13.0. The molecule has 1 aromatic rings. The van der Waals surface area contributed by atoms with Crippen LogP contribution in [0, 0.1) is 5.82 Å². The molecule has 1 amide bonds. The first-order valence-corrected chi connectivity index (χ1v) is 5.79. The van der Waals surface area contributed by atoms with Gasteiger partial charge in [0.2, 0.25) is 0 Å². The van der Waals surface area contributed by atoms with Crippen LogP contribution in [0.1, 0.15) is 37.0 Å². The highest BCUT2D eigenvalue weighted by Crippen LogP contribution is 2.17. The highest BCUT2D eigenvalue weighted by molar-refractivity contribution is 5.99. The number of benzene rings is 1. The Bertz CT molecular complexity index is 406. The van der Waals surface area contributed by atoms with Crippen LogP contribution in [0.5, 0.6) is 0 Å². The van der Waals surface area contributed by atoms with Crippen LogP contribution in [-0.4, -0.2) is 23.9 Å². The van der Waals surface area contributed by atoms with Gasteiger partial charge in [-0.15, -0.1) is 0 Å². The van der Waals surface area contributed by atoms with E-state index in [-0.39, 0.29) is 17.6 Å². The molecule has 4 heteroatoms. The number of nitrogens with zero attached hydrogens (tertiary/aromatic N) is 1. The summed E-state index contributed by atoms with van der Waals surface area (Å²) in [6.07, 6.45) is 1.95. The molecule has 0 fully saturated rings. The van der Waals surface area contributed by atoms with Gasteiger partial charge in [0.25, 0.3) is 5.91 Å². The smallest absolute Gasteiger partial charge is 0.255 e. The molecule has 0 aliphatic rings. The van der Waals surface area contributed by atoms with Crippen molar-refractivity contribution < 1.29 is 9.18 Å². The van der Waals surface area contributed by atoms with Crippen LogP contribution in [0.3, 0.4) is 0 Å². The first kappa shape index (κ1) is 13.5. The fraction of sp³-hybridized carbons (Fsp3) is 0.462. The molecule has 0 saturated carbocycles. The molecule has 0 radical (unpaired) electrons. The van der Waals surface area contributed by atoms with Crippen LogP contribution in [0.15, 0.2) is 18.2 Å². The number of hydrogen-bond donors (Lipinski definition) is 1. The zero-order valence-corrected chi connectivity index (χ0v) is 10.5. The molecule has 0 bridgehead atoms. The average Bonchev–Trinajstić information content (AvgIpc) is 2.27. The van der Waals surface area contributed by atoms with E-state index in [2.05, 4.69) is 6.92 Å². The summed E-state index contributed by atoms with van der Waals surface area (Å²) in [6, 6.07) is 4.01. The third kappa shape index (κ3) is 3.19. The lowest BCUT2D eigenvalue weighted by molar-refractivity contribution is 0.0738. The van der Waals surface area contributed by atoms with Gasteiger partial charge in [-0.2, -0.15) is 0 Å². The number of carbonyl (C=O) groups excluding carboxylic acids is 1. The van der Waals surface area contributed by atoms with Gasteiger partial charge in [0.05, 0.1) is 5.56 Å². The van der Waals surface area contributed by atoms with Gasteiger partial charge in [0.1, 0.15) is 5.82 Å². The molecular weight excluding hydrogens is 219 g/mol. The van der Waals surface area contributed by atoms with Gasteiger partial charge in [0.15, 0.2) is 0 Å². The monoisotopic (exact) mass is 238 g/mol. The van der Waals surface area contributed by atoms with Crippen LogP contribution in [0.2, 0.25) is 0 Å². The van der Waals surface area contributed by atoms with E-state index < -0.39 is 5.82 Å². The summed E-state index contributed by atoms with van der Waals surface area (Å²) in [5, 5.41) is 0. The molecule has 0 spiro atoms. The first-order valence-electron chi connectivity index (χ1n) is 5.79. The Hall–Kier alpha value is -1.58. The lowest BCUT2D eigenvalue weighted by atomic mass is 10.1. The Morgan fingerprint density at radius 1 is 1.53 bits per heavy atom. The topological polar surface area (TPSA) is 46.3 Å². The Kier molecular flexibility index (Phi) is 4.49. The fourth-order valence-electron chi connectivity index (χ4n) is 1.73. The number of nitrogens with two attached hydrogens (primary N) is 1. The van der Waals surface area contributed by atoms with Crippen molar-refractivity contribution in [3.8, 4) is 0 Å². The fourth-order valence-corrected chi connectivity index (χ4v) is 1.73. The van der Waals surface area contributed by atoms with Gasteiger partial charge in [-0.05, 0) is 31.5 Å². The van der Waals surface area contributed by atoms with Crippen LogP contribution in [0.4, 0.5) is 10.1 Å². The van der Waals surface area contributed by atoms with Crippen molar-refractivity contribution in [3.05, 3.63) is 29.6 Å². The number of nitrogen functional groups attached to an aromatic ring is 1. The molecule has 0 saturated heterocycles. The molecule has 0 heterocycles. The minimum absolute atomic E-state index is 0.150.